The molecular formula is C9H12O3. The van der Waals surface area contributed by atoms with E-state index >= 15 is 0 Å². The second kappa shape index (κ2) is 3.52. The Labute approximate surface area is 71.1 Å². The van der Waals surface area contributed by atoms with Gasteiger partial charge in [-0.3, -0.25) is 9.59 Å². The van der Waals surface area contributed by atoms with Crippen LogP contribution in [0.2, 0.25) is 0 Å². The Morgan fingerprint density at radius 3 is 2.92 bits per heavy atom. The van der Waals surface area contributed by atoms with Gasteiger partial charge in [0, 0.05) is 5.92 Å². The maximum absolute atomic E-state index is 11.2. The van der Waals surface area contributed by atoms with Crippen LogP contribution in [0.5, 0.6) is 0 Å². The summed E-state index contributed by atoms with van der Waals surface area (Å²) in [6.07, 6.45) is 4.78. The number of carboxylic acids is 1. The Balaban J connectivity index is 2.68. The van der Waals surface area contributed by atoms with Crippen molar-refractivity contribution < 1.29 is 14.7 Å². The van der Waals surface area contributed by atoms with Gasteiger partial charge in [0.2, 0.25) is 0 Å². The molecule has 1 N–H and O–H groups in total. The molecule has 66 valence electrons. The number of hydrogen-bond donors (Lipinski definition) is 1. The third-order valence-electron chi connectivity index (χ3n) is 2.28. The first kappa shape index (κ1) is 8.97. The molecule has 0 amide bonds. The zero-order valence-corrected chi connectivity index (χ0v) is 6.99. The van der Waals surface area contributed by atoms with Crippen molar-refractivity contribution in [1.82, 2.24) is 0 Å². The summed E-state index contributed by atoms with van der Waals surface area (Å²) < 4.78 is 0. The highest BCUT2D eigenvalue weighted by atomic mass is 16.4. The first-order chi connectivity index (χ1) is 5.63. The highest BCUT2D eigenvalue weighted by molar-refractivity contribution is 5.95. The summed E-state index contributed by atoms with van der Waals surface area (Å²) >= 11 is 0. The maximum atomic E-state index is 11.2. The molecule has 0 saturated heterocycles. The molecular weight excluding hydrogens is 156 g/mol. The molecule has 0 aromatic heterocycles. The third-order valence-corrected chi connectivity index (χ3v) is 2.28. The Hall–Kier alpha value is -1.12. The second-order valence-electron chi connectivity index (χ2n) is 3.12. The molecule has 0 fully saturated rings. The van der Waals surface area contributed by atoms with Crippen molar-refractivity contribution in [3.8, 4) is 0 Å². The Morgan fingerprint density at radius 1 is 1.75 bits per heavy atom. The predicted molar refractivity (Wildman–Crippen MR) is 43.7 cm³/mol. The minimum Gasteiger partial charge on any atom is -0.481 e. The molecule has 0 bridgehead atoms. The molecule has 0 aromatic rings. The van der Waals surface area contributed by atoms with Gasteiger partial charge in [0.1, 0.15) is 0 Å². The number of carboxylic acid groups (broad SMARTS) is 1. The zero-order valence-electron chi connectivity index (χ0n) is 6.99. The van der Waals surface area contributed by atoms with Crippen LogP contribution in [-0.4, -0.2) is 16.9 Å². The summed E-state index contributed by atoms with van der Waals surface area (Å²) in [7, 11) is 0. The van der Waals surface area contributed by atoms with Crippen LogP contribution in [0.1, 0.15) is 19.8 Å². The van der Waals surface area contributed by atoms with Crippen LogP contribution < -0.4 is 0 Å². The lowest BCUT2D eigenvalue weighted by molar-refractivity contribution is -0.145. The molecule has 1 rings (SSSR count). The quantitative estimate of drug-likeness (QED) is 0.675. The zero-order chi connectivity index (χ0) is 9.14. The summed E-state index contributed by atoms with van der Waals surface area (Å²) in [5.41, 5.74) is 0. The molecule has 2 atom stereocenters. The Morgan fingerprint density at radius 2 is 2.42 bits per heavy atom. The molecule has 0 radical (unpaired) electrons. The summed E-state index contributed by atoms with van der Waals surface area (Å²) in [6, 6.07) is 0. The van der Waals surface area contributed by atoms with E-state index in [-0.39, 0.29) is 11.7 Å². The maximum Gasteiger partial charge on any atom is 0.306 e. The van der Waals surface area contributed by atoms with E-state index in [1.807, 2.05) is 0 Å². The normalized spacial score (nSPS) is 25.4. The molecule has 2 unspecified atom stereocenters. The van der Waals surface area contributed by atoms with E-state index < -0.39 is 11.9 Å². The summed E-state index contributed by atoms with van der Waals surface area (Å²) in [5.74, 6) is -1.80. The van der Waals surface area contributed by atoms with Crippen LogP contribution in [0, 0.1) is 11.8 Å². The minimum absolute atomic E-state index is 0.0452. The Bertz CT molecular complexity index is 230. The van der Waals surface area contributed by atoms with Gasteiger partial charge in [-0.25, -0.2) is 0 Å². The number of carbonyl (C=O) groups is 2. The van der Waals surface area contributed by atoms with Gasteiger partial charge in [0.15, 0.2) is 5.78 Å². The first-order valence-corrected chi connectivity index (χ1v) is 4.06. The molecule has 0 heterocycles. The number of rotatable bonds is 2. The smallest absolute Gasteiger partial charge is 0.306 e. The fourth-order valence-electron chi connectivity index (χ4n) is 1.41. The molecule has 0 saturated carbocycles. The fourth-order valence-corrected chi connectivity index (χ4v) is 1.41. The van der Waals surface area contributed by atoms with E-state index in [4.69, 9.17) is 5.11 Å². The van der Waals surface area contributed by atoms with Crippen LogP contribution in [0.4, 0.5) is 0 Å². The van der Waals surface area contributed by atoms with E-state index in [1.54, 1.807) is 13.0 Å². The van der Waals surface area contributed by atoms with Gasteiger partial charge in [0.25, 0.3) is 0 Å². The van der Waals surface area contributed by atoms with E-state index in [9.17, 15) is 9.59 Å². The lowest BCUT2D eigenvalue weighted by Gasteiger charge is -2.19. The number of carbonyl (C=O) groups excluding carboxylic acids is 1. The predicted octanol–water partition coefficient (Wildman–Crippen LogP) is 1.24. The molecule has 12 heavy (non-hydrogen) atoms. The lowest BCUT2D eigenvalue weighted by atomic mass is 9.83. The molecule has 0 aliphatic heterocycles. The molecule has 0 aromatic carbocycles. The Kier molecular flexibility index (Phi) is 2.63. The van der Waals surface area contributed by atoms with Crippen molar-refractivity contribution in [3.05, 3.63) is 12.2 Å². The van der Waals surface area contributed by atoms with Gasteiger partial charge in [0.05, 0.1) is 5.92 Å². The minimum atomic E-state index is -0.886. The van der Waals surface area contributed by atoms with Gasteiger partial charge in [-0.1, -0.05) is 13.0 Å². The molecule has 3 nitrogen and oxygen atoms in total. The van der Waals surface area contributed by atoms with Crippen molar-refractivity contribution in [2.75, 3.05) is 0 Å². The number of ketones is 1. The van der Waals surface area contributed by atoms with Crippen molar-refractivity contribution in [2.45, 2.75) is 19.8 Å². The summed E-state index contributed by atoms with van der Waals surface area (Å²) in [4.78, 5) is 21.8. The molecule has 3 heteroatoms. The van der Waals surface area contributed by atoms with Gasteiger partial charge < -0.3 is 5.11 Å². The largest absolute Gasteiger partial charge is 0.481 e. The second-order valence-corrected chi connectivity index (χ2v) is 3.12. The highest BCUT2D eigenvalue weighted by Gasteiger charge is 2.29. The third kappa shape index (κ3) is 1.72. The average molecular weight is 168 g/mol. The standard InChI is InChI=1S/C9H12O3/c1-6(9(11)12)7-4-2-3-5-8(7)10/h3,5-7H,2,4H2,1H3,(H,11,12). The van der Waals surface area contributed by atoms with E-state index in [1.165, 1.54) is 6.08 Å². The van der Waals surface area contributed by atoms with Gasteiger partial charge in [-0.05, 0) is 18.9 Å². The molecule has 1 aliphatic rings. The van der Waals surface area contributed by atoms with E-state index in [2.05, 4.69) is 0 Å². The fraction of sp³-hybridized carbons (Fsp3) is 0.556. The van der Waals surface area contributed by atoms with Gasteiger partial charge >= 0.3 is 5.97 Å². The van der Waals surface area contributed by atoms with Gasteiger partial charge in [-0.15, -0.1) is 0 Å². The highest BCUT2D eigenvalue weighted by Crippen LogP contribution is 2.23. The van der Waals surface area contributed by atoms with Crippen LogP contribution >= 0.6 is 0 Å². The number of hydrogen-bond acceptors (Lipinski definition) is 2. The number of allylic oxidation sites excluding steroid dienone is 2. The van der Waals surface area contributed by atoms with Crippen LogP contribution in [0.15, 0.2) is 12.2 Å². The number of aliphatic carboxylic acids is 1. The van der Waals surface area contributed by atoms with Crippen molar-refractivity contribution in [1.29, 1.82) is 0 Å². The van der Waals surface area contributed by atoms with Crippen LogP contribution in [0.3, 0.4) is 0 Å². The van der Waals surface area contributed by atoms with Crippen LogP contribution in [0.25, 0.3) is 0 Å². The summed E-state index contributed by atoms with van der Waals surface area (Å²) in [5, 5.41) is 8.68. The first-order valence-electron chi connectivity index (χ1n) is 4.06. The SMILES string of the molecule is CC(C(=O)O)C1CCC=CC1=O. The van der Waals surface area contributed by atoms with Crippen molar-refractivity contribution >= 4 is 11.8 Å². The van der Waals surface area contributed by atoms with E-state index in [0.717, 1.165) is 6.42 Å². The average Bonchev–Trinajstić information content (AvgIpc) is 2.04. The lowest BCUT2D eigenvalue weighted by Crippen LogP contribution is -2.28. The van der Waals surface area contributed by atoms with Crippen molar-refractivity contribution in [2.24, 2.45) is 11.8 Å². The molecule has 0 spiro atoms. The van der Waals surface area contributed by atoms with E-state index in [0.29, 0.717) is 6.42 Å². The molecule has 1 aliphatic carbocycles. The topological polar surface area (TPSA) is 54.4 Å². The van der Waals surface area contributed by atoms with Gasteiger partial charge in [-0.2, -0.15) is 0 Å². The van der Waals surface area contributed by atoms with Crippen LogP contribution in [-0.2, 0) is 9.59 Å². The van der Waals surface area contributed by atoms with Crippen molar-refractivity contribution in [3.63, 3.8) is 0 Å². The summed E-state index contributed by atoms with van der Waals surface area (Å²) in [6.45, 7) is 1.59. The monoisotopic (exact) mass is 168 g/mol.